The fourth-order valence-corrected chi connectivity index (χ4v) is 0.309. The van der Waals surface area contributed by atoms with Crippen molar-refractivity contribution in [2.45, 2.75) is 0 Å². The molecule has 0 atom stereocenters. The van der Waals surface area contributed by atoms with Gasteiger partial charge in [0.05, 0.1) is 26.4 Å². The molecule has 0 rings (SSSR count). The van der Waals surface area contributed by atoms with Gasteiger partial charge in [0.1, 0.15) is 0 Å². The van der Waals surface area contributed by atoms with Gasteiger partial charge in [0.2, 0.25) is 0 Å². The van der Waals surface area contributed by atoms with Gasteiger partial charge in [-0.15, -0.1) is 39.5 Å². The zero-order valence-corrected chi connectivity index (χ0v) is 9.33. The molecule has 14 heavy (non-hydrogen) atoms. The first-order valence-electron chi connectivity index (χ1n) is 4.09. The lowest BCUT2D eigenvalue weighted by atomic mass is 10.7. The van der Waals surface area contributed by atoms with Crippen LogP contribution in [0.25, 0.3) is 0 Å². The quantitative estimate of drug-likeness (QED) is 0.550. The highest BCUT2D eigenvalue weighted by atomic mass is 16.5. The molecular formula is C11H24O3. The minimum absolute atomic E-state index is 0.0870. The first-order valence-corrected chi connectivity index (χ1v) is 4.09. The number of ether oxygens (including phenoxy) is 2. The molecule has 0 aromatic carbocycles. The molecule has 86 valence electrons. The van der Waals surface area contributed by atoms with E-state index in [9.17, 15) is 0 Å². The lowest BCUT2D eigenvalue weighted by Crippen LogP contribution is -2.05. The minimum atomic E-state index is 0.0870. The minimum Gasteiger partial charge on any atom is -0.394 e. The van der Waals surface area contributed by atoms with Crippen LogP contribution >= 0.6 is 0 Å². The number of aliphatic hydroxyl groups excluding tert-OH is 1. The monoisotopic (exact) mass is 204 g/mol. The Bertz CT molecular complexity index is 56.8. The third kappa shape index (κ3) is 67.4. The predicted molar refractivity (Wildman–Crippen MR) is 63.5 cm³/mol. The topological polar surface area (TPSA) is 38.7 Å². The Morgan fingerprint density at radius 3 is 1.57 bits per heavy atom. The van der Waals surface area contributed by atoms with Crippen LogP contribution in [0.4, 0.5) is 0 Å². The van der Waals surface area contributed by atoms with E-state index >= 15 is 0 Å². The molecule has 0 aromatic rings. The van der Waals surface area contributed by atoms with Crippen LogP contribution in [0, 0.1) is 0 Å². The van der Waals surface area contributed by atoms with E-state index in [0.717, 1.165) is 0 Å². The maximum Gasteiger partial charge on any atom is 0.0701 e. The van der Waals surface area contributed by atoms with Gasteiger partial charge in [0.25, 0.3) is 0 Å². The highest BCUT2D eigenvalue weighted by Crippen LogP contribution is 1.72. The van der Waals surface area contributed by atoms with E-state index in [1.165, 1.54) is 0 Å². The van der Waals surface area contributed by atoms with Gasteiger partial charge in [0.15, 0.2) is 0 Å². The molecule has 0 aromatic heterocycles. The van der Waals surface area contributed by atoms with E-state index in [1.807, 2.05) is 0 Å². The van der Waals surface area contributed by atoms with Gasteiger partial charge in [-0.05, 0) is 0 Å². The van der Waals surface area contributed by atoms with Crippen molar-refractivity contribution >= 4 is 0 Å². The van der Waals surface area contributed by atoms with Gasteiger partial charge in [-0.3, -0.25) is 0 Å². The Morgan fingerprint density at radius 1 is 0.857 bits per heavy atom. The molecule has 0 heterocycles. The number of hydrogen-bond donors (Lipinski definition) is 1. The van der Waals surface area contributed by atoms with Gasteiger partial charge in [-0.1, -0.05) is 0 Å². The summed E-state index contributed by atoms with van der Waals surface area (Å²) >= 11 is 0. The average molecular weight is 204 g/mol. The van der Waals surface area contributed by atoms with Gasteiger partial charge in [-0.25, -0.2) is 0 Å². The van der Waals surface area contributed by atoms with E-state index in [1.54, 1.807) is 7.11 Å². The van der Waals surface area contributed by atoms with Crippen molar-refractivity contribution in [1.29, 1.82) is 0 Å². The van der Waals surface area contributed by atoms with Crippen molar-refractivity contribution in [3.8, 4) is 0 Å². The number of methoxy groups -OCH3 is 1. The fraction of sp³-hybridized carbons (Fsp3) is 0.455. The first-order chi connectivity index (χ1) is 6.91. The summed E-state index contributed by atoms with van der Waals surface area (Å²) < 4.78 is 9.53. The van der Waals surface area contributed by atoms with Crippen molar-refractivity contribution in [3.05, 3.63) is 39.5 Å². The second kappa shape index (κ2) is 57.3. The zero-order chi connectivity index (χ0) is 12.2. The van der Waals surface area contributed by atoms with Crippen LogP contribution in [-0.2, 0) is 9.47 Å². The van der Waals surface area contributed by atoms with Crippen LogP contribution in [0.5, 0.6) is 0 Å². The maximum atomic E-state index is 8.20. The molecule has 0 aliphatic carbocycles. The standard InChI is InChI=1S/C5H12O3.3C2H4/c1-7-4-5-8-3-2-6;3*1-2/h6H,2-5H2,1H3;3*1-2H2. The van der Waals surface area contributed by atoms with Gasteiger partial charge in [-0.2, -0.15) is 0 Å². The third-order valence-corrected chi connectivity index (χ3v) is 0.667. The normalized spacial score (nSPS) is 6.43. The lowest BCUT2D eigenvalue weighted by Gasteiger charge is -1.98. The molecule has 0 fully saturated rings. The predicted octanol–water partition coefficient (Wildman–Crippen LogP) is 2.05. The van der Waals surface area contributed by atoms with Crippen LogP contribution in [0.3, 0.4) is 0 Å². The summed E-state index contributed by atoms with van der Waals surface area (Å²) in [4.78, 5) is 0. The highest BCUT2D eigenvalue weighted by Gasteiger charge is 1.82. The molecule has 1 N–H and O–H groups in total. The second-order valence-electron chi connectivity index (χ2n) is 1.33. The Kier molecular flexibility index (Phi) is 94.8. The number of rotatable bonds is 5. The third-order valence-electron chi connectivity index (χ3n) is 0.667. The Balaban J connectivity index is -0.0000000708. The van der Waals surface area contributed by atoms with Gasteiger partial charge >= 0.3 is 0 Å². The van der Waals surface area contributed by atoms with Crippen molar-refractivity contribution in [1.82, 2.24) is 0 Å². The van der Waals surface area contributed by atoms with E-state index in [-0.39, 0.29) is 6.61 Å². The lowest BCUT2D eigenvalue weighted by molar-refractivity contribution is 0.0500. The van der Waals surface area contributed by atoms with Crippen molar-refractivity contribution in [2.24, 2.45) is 0 Å². The van der Waals surface area contributed by atoms with Crippen molar-refractivity contribution < 1.29 is 14.6 Å². The molecule has 0 saturated carbocycles. The van der Waals surface area contributed by atoms with Crippen LogP contribution in [0.2, 0.25) is 0 Å². The largest absolute Gasteiger partial charge is 0.394 e. The summed E-state index contributed by atoms with van der Waals surface area (Å²) in [5, 5.41) is 8.20. The fourth-order valence-electron chi connectivity index (χ4n) is 0.309. The van der Waals surface area contributed by atoms with E-state index < -0.39 is 0 Å². The zero-order valence-electron chi connectivity index (χ0n) is 9.33. The maximum absolute atomic E-state index is 8.20. The molecule has 0 unspecified atom stereocenters. The Hall–Kier alpha value is -0.900. The molecule has 0 aliphatic heterocycles. The van der Waals surface area contributed by atoms with Gasteiger partial charge < -0.3 is 14.6 Å². The molecule has 0 aliphatic rings. The SMILES string of the molecule is C=C.C=C.C=C.COCCOCCO. The van der Waals surface area contributed by atoms with E-state index in [0.29, 0.717) is 19.8 Å². The van der Waals surface area contributed by atoms with Crippen molar-refractivity contribution in [3.63, 3.8) is 0 Å². The molecule has 0 saturated heterocycles. The summed E-state index contributed by atoms with van der Waals surface area (Å²) in [6.45, 7) is 19.7. The molecule has 0 bridgehead atoms. The van der Waals surface area contributed by atoms with Crippen LogP contribution in [0.1, 0.15) is 0 Å². The molecule has 3 nitrogen and oxygen atoms in total. The highest BCUT2D eigenvalue weighted by molar-refractivity contribution is 4.26. The number of aliphatic hydroxyl groups is 1. The summed E-state index contributed by atoms with van der Waals surface area (Å²) in [6.07, 6.45) is 0. The van der Waals surface area contributed by atoms with Crippen LogP contribution in [-0.4, -0.2) is 38.6 Å². The Morgan fingerprint density at radius 2 is 1.29 bits per heavy atom. The second-order valence-corrected chi connectivity index (χ2v) is 1.33. The van der Waals surface area contributed by atoms with Gasteiger partial charge in [0, 0.05) is 7.11 Å². The average Bonchev–Trinajstić information content (AvgIpc) is 2.33. The summed E-state index contributed by atoms with van der Waals surface area (Å²) in [6, 6.07) is 0. The summed E-state index contributed by atoms with van der Waals surface area (Å²) in [7, 11) is 1.61. The molecule has 0 amide bonds. The molecular weight excluding hydrogens is 180 g/mol. The summed E-state index contributed by atoms with van der Waals surface area (Å²) in [5.41, 5.74) is 0. The molecule has 0 radical (unpaired) electrons. The van der Waals surface area contributed by atoms with E-state index in [4.69, 9.17) is 9.84 Å². The smallest absolute Gasteiger partial charge is 0.0701 e. The van der Waals surface area contributed by atoms with E-state index in [2.05, 4.69) is 44.2 Å². The Labute approximate surface area is 88.4 Å². The van der Waals surface area contributed by atoms with Crippen LogP contribution < -0.4 is 0 Å². The molecule has 0 spiro atoms. The summed E-state index contributed by atoms with van der Waals surface area (Å²) in [5.74, 6) is 0. The van der Waals surface area contributed by atoms with Crippen molar-refractivity contribution in [2.75, 3.05) is 33.5 Å². The van der Waals surface area contributed by atoms with Crippen LogP contribution in [0.15, 0.2) is 39.5 Å². The number of hydrogen-bond acceptors (Lipinski definition) is 3. The molecule has 3 heteroatoms. The first kappa shape index (κ1) is 23.2.